The van der Waals surface area contributed by atoms with E-state index >= 15 is 0 Å². The standard InChI is InChI=1S/C13H20N2/c1-9-6-11(14)8-12(7-9)15-13-5-3-4-10(13)2/h6-8,10,13,15H,3-5,14H2,1-2H3. The summed E-state index contributed by atoms with van der Waals surface area (Å²) in [6, 6.07) is 6.83. The number of hydrogen-bond acceptors (Lipinski definition) is 2. The molecule has 82 valence electrons. The summed E-state index contributed by atoms with van der Waals surface area (Å²) < 4.78 is 0. The molecule has 2 rings (SSSR count). The van der Waals surface area contributed by atoms with Crippen molar-refractivity contribution in [1.29, 1.82) is 0 Å². The van der Waals surface area contributed by atoms with E-state index in [0.29, 0.717) is 6.04 Å². The summed E-state index contributed by atoms with van der Waals surface area (Å²) >= 11 is 0. The number of rotatable bonds is 2. The Morgan fingerprint density at radius 3 is 2.67 bits per heavy atom. The second-order valence-electron chi connectivity index (χ2n) is 4.79. The fraction of sp³-hybridized carbons (Fsp3) is 0.538. The maximum atomic E-state index is 5.83. The molecule has 2 nitrogen and oxygen atoms in total. The number of benzene rings is 1. The molecule has 0 saturated heterocycles. The SMILES string of the molecule is Cc1cc(N)cc(NC2CCCC2C)c1. The number of aryl methyl sites for hydroxylation is 1. The summed E-state index contributed by atoms with van der Waals surface area (Å²) in [6.45, 7) is 4.41. The highest BCUT2D eigenvalue weighted by atomic mass is 14.9. The van der Waals surface area contributed by atoms with Crippen LogP contribution in [0.1, 0.15) is 31.7 Å². The molecule has 0 heterocycles. The molecule has 1 aromatic rings. The smallest absolute Gasteiger partial charge is 0.0365 e. The topological polar surface area (TPSA) is 38.0 Å². The lowest BCUT2D eigenvalue weighted by Gasteiger charge is -2.19. The zero-order valence-corrected chi connectivity index (χ0v) is 9.59. The van der Waals surface area contributed by atoms with Crippen LogP contribution in [0.2, 0.25) is 0 Å². The van der Waals surface area contributed by atoms with Gasteiger partial charge in [-0.3, -0.25) is 0 Å². The van der Waals surface area contributed by atoms with Crippen LogP contribution >= 0.6 is 0 Å². The van der Waals surface area contributed by atoms with Gasteiger partial charge in [-0.1, -0.05) is 13.3 Å². The fourth-order valence-electron chi connectivity index (χ4n) is 2.47. The summed E-state index contributed by atoms with van der Waals surface area (Å²) in [6.07, 6.45) is 3.98. The van der Waals surface area contributed by atoms with Crippen molar-refractivity contribution in [3.05, 3.63) is 23.8 Å². The Morgan fingerprint density at radius 2 is 2.07 bits per heavy atom. The van der Waals surface area contributed by atoms with Gasteiger partial charge in [0.05, 0.1) is 0 Å². The molecular weight excluding hydrogens is 184 g/mol. The molecule has 0 aromatic heterocycles. The molecule has 2 unspecified atom stereocenters. The van der Waals surface area contributed by atoms with Gasteiger partial charge in [-0.05, 0) is 49.4 Å². The average Bonchev–Trinajstić information content (AvgIpc) is 2.50. The molecule has 0 amide bonds. The van der Waals surface area contributed by atoms with Gasteiger partial charge in [-0.15, -0.1) is 0 Å². The van der Waals surface area contributed by atoms with Crippen molar-refractivity contribution in [2.45, 2.75) is 39.2 Å². The Hall–Kier alpha value is -1.18. The van der Waals surface area contributed by atoms with E-state index in [0.717, 1.165) is 11.6 Å². The Bertz CT molecular complexity index is 326. The van der Waals surface area contributed by atoms with Crippen LogP contribution in [-0.4, -0.2) is 6.04 Å². The maximum absolute atomic E-state index is 5.83. The molecule has 1 aromatic carbocycles. The minimum atomic E-state index is 0.631. The van der Waals surface area contributed by atoms with Crippen LogP contribution in [0.5, 0.6) is 0 Å². The fourth-order valence-corrected chi connectivity index (χ4v) is 2.47. The lowest BCUT2D eigenvalue weighted by molar-refractivity contribution is 0.556. The molecule has 0 radical (unpaired) electrons. The van der Waals surface area contributed by atoms with E-state index in [1.165, 1.54) is 30.5 Å². The van der Waals surface area contributed by atoms with Crippen molar-refractivity contribution in [1.82, 2.24) is 0 Å². The molecule has 0 aliphatic heterocycles. The van der Waals surface area contributed by atoms with Gasteiger partial charge in [0.1, 0.15) is 0 Å². The van der Waals surface area contributed by atoms with Crippen LogP contribution in [0.15, 0.2) is 18.2 Å². The molecule has 3 N–H and O–H groups in total. The second-order valence-corrected chi connectivity index (χ2v) is 4.79. The predicted octanol–water partition coefficient (Wildman–Crippen LogP) is 3.18. The highest BCUT2D eigenvalue weighted by Crippen LogP contribution is 2.28. The van der Waals surface area contributed by atoms with Gasteiger partial charge in [0.15, 0.2) is 0 Å². The first kappa shape index (κ1) is 10.3. The Morgan fingerprint density at radius 1 is 1.27 bits per heavy atom. The van der Waals surface area contributed by atoms with Gasteiger partial charge in [-0.25, -0.2) is 0 Å². The molecule has 1 aliphatic rings. The van der Waals surface area contributed by atoms with Gasteiger partial charge >= 0.3 is 0 Å². The first-order valence-corrected chi connectivity index (χ1v) is 5.79. The van der Waals surface area contributed by atoms with Gasteiger partial charge in [0.2, 0.25) is 0 Å². The minimum Gasteiger partial charge on any atom is -0.399 e. The molecule has 1 fully saturated rings. The third-order valence-electron chi connectivity index (χ3n) is 3.31. The number of nitrogen functional groups attached to an aromatic ring is 1. The van der Waals surface area contributed by atoms with Crippen molar-refractivity contribution in [2.24, 2.45) is 5.92 Å². The minimum absolute atomic E-state index is 0.631. The monoisotopic (exact) mass is 204 g/mol. The third-order valence-corrected chi connectivity index (χ3v) is 3.31. The summed E-state index contributed by atoms with van der Waals surface area (Å²) in [4.78, 5) is 0. The quantitative estimate of drug-likeness (QED) is 0.726. The van der Waals surface area contributed by atoms with Gasteiger partial charge in [0, 0.05) is 17.4 Å². The Kier molecular flexibility index (Phi) is 2.85. The van der Waals surface area contributed by atoms with Crippen LogP contribution in [0.3, 0.4) is 0 Å². The van der Waals surface area contributed by atoms with E-state index in [4.69, 9.17) is 5.73 Å². The van der Waals surface area contributed by atoms with E-state index in [9.17, 15) is 0 Å². The van der Waals surface area contributed by atoms with E-state index in [1.807, 2.05) is 12.1 Å². The molecule has 1 saturated carbocycles. The molecular formula is C13H20N2. The molecule has 1 aliphatic carbocycles. The van der Waals surface area contributed by atoms with Crippen molar-refractivity contribution < 1.29 is 0 Å². The maximum Gasteiger partial charge on any atom is 0.0365 e. The summed E-state index contributed by atoms with van der Waals surface area (Å²) in [5.41, 5.74) is 9.08. The zero-order valence-electron chi connectivity index (χ0n) is 9.59. The van der Waals surface area contributed by atoms with Gasteiger partial charge in [-0.2, -0.15) is 0 Å². The number of anilines is 2. The first-order chi connectivity index (χ1) is 7.15. The zero-order chi connectivity index (χ0) is 10.8. The third kappa shape index (κ3) is 2.44. The van der Waals surface area contributed by atoms with Crippen molar-refractivity contribution in [3.8, 4) is 0 Å². The summed E-state index contributed by atoms with van der Waals surface area (Å²) in [7, 11) is 0. The molecule has 0 bridgehead atoms. The van der Waals surface area contributed by atoms with E-state index in [1.54, 1.807) is 0 Å². The van der Waals surface area contributed by atoms with E-state index in [-0.39, 0.29) is 0 Å². The Labute approximate surface area is 91.9 Å². The summed E-state index contributed by atoms with van der Waals surface area (Å²) in [5, 5.41) is 3.59. The number of hydrogen-bond donors (Lipinski definition) is 2. The van der Waals surface area contributed by atoms with Crippen LogP contribution in [0, 0.1) is 12.8 Å². The van der Waals surface area contributed by atoms with Crippen LogP contribution in [0.4, 0.5) is 11.4 Å². The molecule has 15 heavy (non-hydrogen) atoms. The molecule has 2 heteroatoms. The Balaban J connectivity index is 2.10. The first-order valence-electron chi connectivity index (χ1n) is 5.79. The predicted molar refractivity (Wildman–Crippen MR) is 66.0 cm³/mol. The largest absolute Gasteiger partial charge is 0.399 e. The van der Waals surface area contributed by atoms with Gasteiger partial charge < -0.3 is 11.1 Å². The van der Waals surface area contributed by atoms with E-state index in [2.05, 4.69) is 25.2 Å². The number of nitrogens with one attached hydrogen (secondary N) is 1. The second kappa shape index (κ2) is 4.13. The van der Waals surface area contributed by atoms with Crippen LogP contribution in [0.25, 0.3) is 0 Å². The highest BCUT2D eigenvalue weighted by Gasteiger charge is 2.22. The van der Waals surface area contributed by atoms with Crippen molar-refractivity contribution in [2.75, 3.05) is 11.1 Å². The lowest BCUT2D eigenvalue weighted by atomic mass is 10.1. The van der Waals surface area contributed by atoms with E-state index < -0.39 is 0 Å². The normalized spacial score (nSPS) is 25.5. The van der Waals surface area contributed by atoms with Crippen molar-refractivity contribution >= 4 is 11.4 Å². The van der Waals surface area contributed by atoms with Crippen LogP contribution < -0.4 is 11.1 Å². The van der Waals surface area contributed by atoms with Crippen molar-refractivity contribution in [3.63, 3.8) is 0 Å². The van der Waals surface area contributed by atoms with Gasteiger partial charge in [0.25, 0.3) is 0 Å². The lowest BCUT2D eigenvalue weighted by Crippen LogP contribution is -2.21. The molecule has 0 spiro atoms. The molecule has 2 atom stereocenters. The average molecular weight is 204 g/mol. The summed E-state index contributed by atoms with van der Waals surface area (Å²) in [5.74, 6) is 0.784. The number of nitrogens with two attached hydrogens (primary N) is 1. The van der Waals surface area contributed by atoms with Crippen LogP contribution in [-0.2, 0) is 0 Å². The highest BCUT2D eigenvalue weighted by molar-refractivity contribution is 5.57.